The first-order valence-electron chi connectivity index (χ1n) is 18.2. The minimum absolute atomic E-state index is 0.404. The number of hydrogen-bond donors (Lipinski definition) is 0. The molecule has 52 heavy (non-hydrogen) atoms. The van der Waals surface area contributed by atoms with Crippen molar-refractivity contribution >= 4 is 60.2 Å². The standard InChI is InChI=1S/C51H31N/c1-3-13-35(14-4-1)52(36-15-5-2-6-16-36)37-29-26-32(27-30-37)38-18-10-22-43-48(38)41-17-7-8-21-42(41)51(43)44-23-11-20-40-39-19-9-12-33-24-25-34-28-31-45(51)50(49(40)44)47(34)46(33)39/h1-31H. The van der Waals surface area contributed by atoms with Gasteiger partial charge in [-0.3, -0.25) is 0 Å². The first-order chi connectivity index (χ1) is 25.8. The van der Waals surface area contributed by atoms with E-state index < -0.39 is 5.41 Å². The Bertz CT molecular complexity index is 3010. The van der Waals surface area contributed by atoms with Gasteiger partial charge in [0, 0.05) is 17.1 Å². The van der Waals surface area contributed by atoms with Gasteiger partial charge in [0.2, 0.25) is 0 Å². The van der Waals surface area contributed by atoms with E-state index in [4.69, 9.17) is 0 Å². The van der Waals surface area contributed by atoms with Crippen LogP contribution in [0.1, 0.15) is 22.3 Å². The van der Waals surface area contributed by atoms with E-state index in [1.54, 1.807) is 0 Å². The van der Waals surface area contributed by atoms with Crippen LogP contribution in [0, 0.1) is 0 Å². The summed E-state index contributed by atoms with van der Waals surface area (Å²) in [5.41, 5.74) is 13.7. The highest BCUT2D eigenvalue weighted by atomic mass is 15.1. The van der Waals surface area contributed by atoms with Gasteiger partial charge in [-0.15, -0.1) is 0 Å². The van der Waals surface area contributed by atoms with Gasteiger partial charge in [0.25, 0.3) is 0 Å². The fourth-order valence-electron chi connectivity index (χ4n) is 10.0. The Labute approximate surface area is 302 Å². The lowest BCUT2D eigenvalue weighted by Crippen LogP contribution is -2.26. The van der Waals surface area contributed by atoms with Crippen molar-refractivity contribution in [3.63, 3.8) is 0 Å². The van der Waals surface area contributed by atoms with Crippen LogP contribution in [0.4, 0.5) is 17.1 Å². The fourth-order valence-corrected chi connectivity index (χ4v) is 10.0. The van der Waals surface area contributed by atoms with Crippen LogP contribution in [-0.2, 0) is 5.41 Å². The summed E-state index contributed by atoms with van der Waals surface area (Å²) in [6.07, 6.45) is 0. The van der Waals surface area contributed by atoms with Crippen LogP contribution in [0.2, 0.25) is 0 Å². The summed E-state index contributed by atoms with van der Waals surface area (Å²) in [4.78, 5) is 2.33. The highest BCUT2D eigenvalue weighted by Gasteiger charge is 2.51. The zero-order chi connectivity index (χ0) is 34.0. The summed E-state index contributed by atoms with van der Waals surface area (Å²) in [7, 11) is 0. The normalized spacial score (nSPS) is 15.4. The van der Waals surface area contributed by atoms with Crippen molar-refractivity contribution in [2.24, 2.45) is 0 Å². The second-order valence-electron chi connectivity index (χ2n) is 14.4. The van der Waals surface area contributed by atoms with Gasteiger partial charge in [-0.25, -0.2) is 0 Å². The van der Waals surface area contributed by atoms with Crippen LogP contribution in [0.3, 0.4) is 0 Å². The lowest BCUT2D eigenvalue weighted by atomic mass is 9.70. The van der Waals surface area contributed by atoms with Crippen molar-refractivity contribution in [1.82, 2.24) is 0 Å². The molecule has 0 saturated carbocycles. The van der Waals surface area contributed by atoms with Crippen molar-refractivity contribution in [2.75, 3.05) is 4.90 Å². The Morgan fingerprint density at radius 3 is 1.62 bits per heavy atom. The maximum absolute atomic E-state index is 2.44. The molecule has 0 radical (unpaired) electrons. The van der Waals surface area contributed by atoms with Crippen molar-refractivity contribution in [3.8, 4) is 22.3 Å². The molecule has 0 aromatic heterocycles. The molecule has 240 valence electrons. The predicted molar refractivity (Wildman–Crippen MR) is 219 cm³/mol. The predicted octanol–water partition coefficient (Wildman–Crippen LogP) is 13.6. The van der Waals surface area contributed by atoms with E-state index in [1.807, 2.05) is 0 Å². The Hall–Kier alpha value is -6.70. The van der Waals surface area contributed by atoms with Gasteiger partial charge >= 0.3 is 0 Å². The smallest absolute Gasteiger partial charge is 0.0726 e. The molecule has 0 N–H and O–H groups in total. The minimum Gasteiger partial charge on any atom is -0.311 e. The van der Waals surface area contributed by atoms with Gasteiger partial charge < -0.3 is 4.90 Å². The molecule has 1 nitrogen and oxygen atoms in total. The van der Waals surface area contributed by atoms with Gasteiger partial charge in [-0.1, -0.05) is 152 Å². The van der Waals surface area contributed by atoms with E-state index >= 15 is 0 Å². The SMILES string of the molecule is c1ccc(N(c2ccccc2)c2ccc(-c3cccc4c3-c3ccccc3C43c4cccc5c6cccc7ccc8ccc3c(c45)c8c76)cc2)cc1. The van der Waals surface area contributed by atoms with E-state index in [9.17, 15) is 0 Å². The van der Waals surface area contributed by atoms with Crippen LogP contribution in [0.25, 0.3) is 65.3 Å². The molecule has 0 heterocycles. The third kappa shape index (κ3) is 3.43. The molecule has 0 aliphatic heterocycles. The molecule has 1 unspecified atom stereocenters. The molecule has 1 heteroatoms. The molecule has 0 saturated heterocycles. The maximum Gasteiger partial charge on any atom is 0.0726 e. The van der Waals surface area contributed by atoms with Crippen molar-refractivity contribution in [2.45, 2.75) is 5.41 Å². The quantitative estimate of drug-likeness (QED) is 0.134. The number of benzene rings is 10. The number of hydrogen-bond acceptors (Lipinski definition) is 1. The zero-order valence-electron chi connectivity index (χ0n) is 28.3. The number of nitrogens with zero attached hydrogens (tertiary/aromatic N) is 1. The van der Waals surface area contributed by atoms with Crippen LogP contribution >= 0.6 is 0 Å². The molecular formula is C51H31N. The summed E-state index contributed by atoms with van der Waals surface area (Å²) >= 11 is 0. The average Bonchev–Trinajstić information content (AvgIpc) is 3.69. The van der Waals surface area contributed by atoms with E-state index in [1.165, 1.54) is 87.6 Å². The Morgan fingerprint density at radius 1 is 0.308 bits per heavy atom. The van der Waals surface area contributed by atoms with E-state index in [0.29, 0.717) is 0 Å². The number of fused-ring (bicyclic) bond motifs is 8. The number of para-hydroxylation sites is 2. The van der Waals surface area contributed by atoms with Gasteiger partial charge in [0.1, 0.15) is 0 Å². The summed E-state index contributed by atoms with van der Waals surface area (Å²) < 4.78 is 0. The van der Waals surface area contributed by atoms with Crippen LogP contribution in [0.15, 0.2) is 188 Å². The maximum atomic E-state index is 2.44. The molecule has 0 amide bonds. The fraction of sp³-hybridized carbons (Fsp3) is 0.0196. The van der Waals surface area contributed by atoms with Crippen LogP contribution < -0.4 is 4.90 Å². The van der Waals surface area contributed by atoms with Gasteiger partial charge in [-0.2, -0.15) is 0 Å². The molecule has 2 aliphatic rings. The molecule has 12 rings (SSSR count). The minimum atomic E-state index is -0.404. The summed E-state index contributed by atoms with van der Waals surface area (Å²) in [6.45, 7) is 0. The van der Waals surface area contributed by atoms with Gasteiger partial charge in [-0.05, 0) is 124 Å². The molecule has 1 spiro atoms. The topological polar surface area (TPSA) is 3.24 Å². The zero-order valence-corrected chi connectivity index (χ0v) is 28.3. The molecule has 2 aliphatic carbocycles. The number of rotatable bonds is 4. The largest absolute Gasteiger partial charge is 0.311 e. The van der Waals surface area contributed by atoms with Crippen LogP contribution in [0.5, 0.6) is 0 Å². The third-order valence-electron chi connectivity index (χ3n) is 12.0. The van der Waals surface area contributed by atoms with Gasteiger partial charge in [0.15, 0.2) is 0 Å². The lowest BCUT2D eigenvalue weighted by Gasteiger charge is -2.31. The first-order valence-corrected chi connectivity index (χ1v) is 18.2. The Kier molecular flexibility index (Phi) is 5.49. The van der Waals surface area contributed by atoms with Gasteiger partial charge in [0.05, 0.1) is 5.41 Å². The molecule has 0 fully saturated rings. The highest BCUT2D eigenvalue weighted by Crippen LogP contribution is 2.64. The van der Waals surface area contributed by atoms with Crippen LogP contribution in [-0.4, -0.2) is 0 Å². The average molecular weight is 658 g/mol. The Balaban J connectivity index is 1.11. The number of anilines is 3. The summed E-state index contributed by atoms with van der Waals surface area (Å²) in [5, 5.41) is 11.0. The van der Waals surface area contributed by atoms with E-state index in [2.05, 4.69) is 193 Å². The second-order valence-corrected chi connectivity index (χ2v) is 14.4. The highest BCUT2D eigenvalue weighted by molar-refractivity contribution is 6.36. The Morgan fingerprint density at radius 2 is 0.846 bits per heavy atom. The molecular weight excluding hydrogens is 627 g/mol. The van der Waals surface area contributed by atoms with E-state index in [-0.39, 0.29) is 0 Å². The van der Waals surface area contributed by atoms with Crippen molar-refractivity contribution in [3.05, 3.63) is 210 Å². The summed E-state index contributed by atoms with van der Waals surface area (Å²) in [6, 6.07) is 69.9. The molecule has 10 aromatic carbocycles. The molecule has 10 aromatic rings. The van der Waals surface area contributed by atoms with Crippen molar-refractivity contribution in [1.29, 1.82) is 0 Å². The van der Waals surface area contributed by atoms with E-state index in [0.717, 1.165) is 17.1 Å². The molecule has 0 bridgehead atoms. The third-order valence-corrected chi connectivity index (χ3v) is 12.0. The summed E-state index contributed by atoms with van der Waals surface area (Å²) in [5.74, 6) is 0. The monoisotopic (exact) mass is 657 g/mol. The second kappa shape index (κ2) is 10.2. The van der Waals surface area contributed by atoms with Crippen molar-refractivity contribution < 1.29 is 0 Å². The lowest BCUT2D eigenvalue weighted by molar-refractivity contribution is 0.797. The molecule has 1 atom stereocenters. The first kappa shape index (κ1) is 28.0.